The molecule has 0 aliphatic carbocycles. The van der Waals surface area contributed by atoms with E-state index in [1.165, 1.54) is 16.7 Å². The minimum atomic E-state index is 0.165. The van der Waals surface area contributed by atoms with Crippen LogP contribution in [0.1, 0.15) is 23.6 Å². The Kier molecular flexibility index (Phi) is 3.84. The van der Waals surface area contributed by atoms with Crippen LogP contribution >= 0.6 is 0 Å². The average molecular weight is 282 g/mol. The fourth-order valence-electron chi connectivity index (χ4n) is 3.09. The first-order valence-electron chi connectivity index (χ1n) is 7.51. The standard InChI is InChI=1S/C18H22N2O/c1-13(10-14-6-7-18(21)17(19)11-14)20-9-8-15-4-2-3-5-16(15)12-20/h2-7,11,13,21H,8-10,12,19H2,1H3. The molecule has 2 aromatic carbocycles. The molecule has 3 nitrogen and oxygen atoms in total. The van der Waals surface area contributed by atoms with Crippen LogP contribution in [0.3, 0.4) is 0 Å². The molecule has 0 saturated carbocycles. The third kappa shape index (κ3) is 3.03. The van der Waals surface area contributed by atoms with Crippen molar-refractivity contribution in [1.82, 2.24) is 4.90 Å². The number of nitrogens with two attached hydrogens (primary N) is 1. The molecule has 0 bridgehead atoms. The molecule has 0 saturated heterocycles. The second-order valence-electron chi connectivity index (χ2n) is 5.94. The Morgan fingerprint density at radius 3 is 2.71 bits per heavy atom. The van der Waals surface area contributed by atoms with E-state index in [1.807, 2.05) is 12.1 Å². The SMILES string of the molecule is CC(Cc1ccc(O)c(N)c1)N1CCc2ccccc2C1. The lowest BCUT2D eigenvalue weighted by atomic mass is 9.97. The molecule has 0 amide bonds. The van der Waals surface area contributed by atoms with Crippen molar-refractivity contribution in [3.8, 4) is 5.75 Å². The third-order valence-corrected chi connectivity index (χ3v) is 4.41. The van der Waals surface area contributed by atoms with Gasteiger partial charge >= 0.3 is 0 Å². The molecular formula is C18H22N2O. The monoisotopic (exact) mass is 282 g/mol. The number of hydrogen-bond acceptors (Lipinski definition) is 3. The molecule has 1 heterocycles. The molecule has 0 radical (unpaired) electrons. The van der Waals surface area contributed by atoms with Gasteiger partial charge in [-0.05, 0) is 48.6 Å². The lowest BCUT2D eigenvalue weighted by Crippen LogP contribution is -2.38. The maximum atomic E-state index is 9.50. The van der Waals surface area contributed by atoms with Gasteiger partial charge in [-0.3, -0.25) is 4.90 Å². The molecule has 3 rings (SSSR count). The molecule has 1 aliphatic rings. The molecule has 1 aliphatic heterocycles. The van der Waals surface area contributed by atoms with Crippen molar-refractivity contribution in [2.24, 2.45) is 0 Å². The number of rotatable bonds is 3. The highest BCUT2D eigenvalue weighted by atomic mass is 16.3. The summed E-state index contributed by atoms with van der Waals surface area (Å²) in [6, 6.07) is 14.7. The van der Waals surface area contributed by atoms with Crippen LogP contribution in [-0.4, -0.2) is 22.6 Å². The number of hydrogen-bond donors (Lipinski definition) is 2. The van der Waals surface area contributed by atoms with Gasteiger partial charge in [0, 0.05) is 19.1 Å². The Balaban J connectivity index is 1.69. The molecule has 3 heteroatoms. The second-order valence-corrected chi connectivity index (χ2v) is 5.94. The van der Waals surface area contributed by atoms with E-state index in [0.29, 0.717) is 11.7 Å². The van der Waals surface area contributed by atoms with Crippen LogP contribution in [0.5, 0.6) is 5.75 Å². The summed E-state index contributed by atoms with van der Waals surface area (Å²) in [6.07, 6.45) is 2.07. The van der Waals surface area contributed by atoms with E-state index in [0.717, 1.165) is 25.9 Å². The number of benzene rings is 2. The Bertz CT molecular complexity index is 639. The van der Waals surface area contributed by atoms with Gasteiger partial charge in [-0.25, -0.2) is 0 Å². The summed E-state index contributed by atoms with van der Waals surface area (Å²) < 4.78 is 0. The first-order valence-corrected chi connectivity index (χ1v) is 7.51. The van der Waals surface area contributed by atoms with E-state index in [2.05, 4.69) is 36.1 Å². The van der Waals surface area contributed by atoms with Crippen molar-refractivity contribution in [2.75, 3.05) is 12.3 Å². The van der Waals surface area contributed by atoms with Crippen LogP contribution in [-0.2, 0) is 19.4 Å². The Morgan fingerprint density at radius 1 is 1.19 bits per heavy atom. The molecule has 1 atom stereocenters. The van der Waals surface area contributed by atoms with Gasteiger partial charge in [-0.2, -0.15) is 0 Å². The zero-order chi connectivity index (χ0) is 14.8. The van der Waals surface area contributed by atoms with Crippen LogP contribution in [0.2, 0.25) is 0 Å². The lowest BCUT2D eigenvalue weighted by molar-refractivity contribution is 0.189. The van der Waals surface area contributed by atoms with Crippen molar-refractivity contribution >= 4 is 5.69 Å². The van der Waals surface area contributed by atoms with E-state index in [4.69, 9.17) is 5.73 Å². The normalized spacial score (nSPS) is 16.4. The number of nitrogens with zero attached hydrogens (tertiary/aromatic N) is 1. The minimum Gasteiger partial charge on any atom is -0.506 e. The largest absolute Gasteiger partial charge is 0.506 e. The Labute approximate surface area is 126 Å². The van der Waals surface area contributed by atoms with E-state index in [1.54, 1.807) is 6.07 Å². The fraction of sp³-hybridized carbons (Fsp3) is 0.333. The quantitative estimate of drug-likeness (QED) is 0.672. The minimum absolute atomic E-state index is 0.165. The summed E-state index contributed by atoms with van der Waals surface area (Å²) in [6.45, 7) is 4.38. The number of phenols is 1. The van der Waals surface area contributed by atoms with Crippen molar-refractivity contribution in [3.05, 3.63) is 59.2 Å². The summed E-state index contributed by atoms with van der Waals surface area (Å²) in [5.41, 5.74) is 10.3. The molecule has 110 valence electrons. The number of fused-ring (bicyclic) bond motifs is 1. The molecule has 3 N–H and O–H groups in total. The molecule has 21 heavy (non-hydrogen) atoms. The molecule has 2 aromatic rings. The maximum Gasteiger partial charge on any atom is 0.138 e. The Hall–Kier alpha value is -2.00. The number of phenolic OH excluding ortho intramolecular Hbond substituents is 1. The predicted octanol–water partition coefficient (Wildman–Crippen LogP) is 2.96. The molecule has 1 unspecified atom stereocenters. The van der Waals surface area contributed by atoms with Gasteiger partial charge < -0.3 is 10.8 Å². The smallest absolute Gasteiger partial charge is 0.138 e. The third-order valence-electron chi connectivity index (χ3n) is 4.41. The van der Waals surface area contributed by atoms with Gasteiger partial charge in [0.05, 0.1) is 5.69 Å². The van der Waals surface area contributed by atoms with Crippen LogP contribution in [0.15, 0.2) is 42.5 Å². The van der Waals surface area contributed by atoms with E-state index in [-0.39, 0.29) is 5.75 Å². The lowest BCUT2D eigenvalue weighted by Gasteiger charge is -2.34. The van der Waals surface area contributed by atoms with Gasteiger partial charge in [0.1, 0.15) is 5.75 Å². The first-order chi connectivity index (χ1) is 10.1. The zero-order valence-corrected chi connectivity index (χ0v) is 12.4. The van der Waals surface area contributed by atoms with Gasteiger partial charge in [-0.1, -0.05) is 30.3 Å². The van der Waals surface area contributed by atoms with Crippen LogP contribution in [0.25, 0.3) is 0 Å². The van der Waals surface area contributed by atoms with Crippen molar-refractivity contribution in [2.45, 2.75) is 32.4 Å². The van der Waals surface area contributed by atoms with E-state index < -0.39 is 0 Å². The second kappa shape index (κ2) is 5.78. The zero-order valence-electron chi connectivity index (χ0n) is 12.4. The van der Waals surface area contributed by atoms with Gasteiger partial charge in [-0.15, -0.1) is 0 Å². The predicted molar refractivity (Wildman–Crippen MR) is 86.2 cm³/mol. The summed E-state index contributed by atoms with van der Waals surface area (Å²) in [4.78, 5) is 2.52. The molecule has 0 spiro atoms. The van der Waals surface area contributed by atoms with Crippen molar-refractivity contribution in [3.63, 3.8) is 0 Å². The molecule has 0 aromatic heterocycles. The van der Waals surface area contributed by atoms with Gasteiger partial charge in [0.2, 0.25) is 0 Å². The summed E-state index contributed by atoms with van der Waals surface area (Å²) in [5.74, 6) is 0.165. The summed E-state index contributed by atoms with van der Waals surface area (Å²) in [7, 11) is 0. The highest BCUT2D eigenvalue weighted by molar-refractivity contribution is 5.53. The van der Waals surface area contributed by atoms with Gasteiger partial charge in [0.25, 0.3) is 0 Å². The van der Waals surface area contributed by atoms with E-state index in [9.17, 15) is 5.11 Å². The fourth-order valence-corrected chi connectivity index (χ4v) is 3.09. The summed E-state index contributed by atoms with van der Waals surface area (Å²) >= 11 is 0. The van der Waals surface area contributed by atoms with Gasteiger partial charge in [0.15, 0.2) is 0 Å². The average Bonchev–Trinajstić information content (AvgIpc) is 2.50. The number of aromatic hydroxyl groups is 1. The number of anilines is 1. The number of nitrogen functional groups attached to an aromatic ring is 1. The van der Waals surface area contributed by atoms with Crippen molar-refractivity contribution < 1.29 is 5.11 Å². The van der Waals surface area contributed by atoms with Crippen LogP contribution in [0.4, 0.5) is 5.69 Å². The molecule has 0 fully saturated rings. The maximum absolute atomic E-state index is 9.50. The van der Waals surface area contributed by atoms with E-state index >= 15 is 0 Å². The Morgan fingerprint density at radius 2 is 1.95 bits per heavy atom. The first kappa shape index (κ1) is 14.0. The highest BCUT2D eigenvalue weighted by Gasteiger charge is 2.20. The van der Waals surface area contributed by atoms with Crippen LogP contribution < -0.4 is 5.73 Å². The van der Waals surface area contributed by atoms with Crippen LogP contribution in [0, 0.1) is 0 Å². The van der Waals surface area contributed by atoms with Crippen molar-refractivity contribution in [1.29, 1.82) is 0 Å². The summed E-state index contributed by atoms with van der Waals surface area (Å²) in [5, 5.41) is 9.50. The topological polar surface area (TPSA) is 49.5 Å². The highest BCUT2D eigenvalue weighted by Crippen LogP contribution is 2.24. The molecular weight excluding hydrogens is 260 g/mol.